The van der Waals surface area contributed by atoms with Gasteiger partial charge in [-0.15, -0.1) is 0 Å². The van der Waals surface area contributed by atoms with Crippen molar-refractivity contribution >= 4 is 5.91 Å². The van der Waals surface area contributed by atoms with E-state index in [4.69, 9.17) is 8.83 Å². The molecule has 5 heteroatoms. The Morgan fingerprint density at radius 2 is 1.86 bits per heavy atom. The minimum Gasteiger partial charge on any atom is -0.466 e. The van der Waals surface area contributed by atoms with Gasteiger partial charge in [-0.3, -0.25) is 4.79 Å². The fourth-order valence-corrected chi connectivity index (χ4v) is 2.28. The lowest BCUT2D eigenvalue weighted by atomic mass is 10.0. The Bertz CT molecular complexity index is 664. The molecule has 0 aliphatic carbocycles. The molecule has 0 saturated heterocycles. The number of aryl methyl sites for hydroxylation is 3. The number of nitrogens with one attached hydrogen (secondary N) is 1. The summed E-state index contributed by atoms with van der Waals surface area (Å²) in [6.45, 7) is 8.88. The maximum Gasteiger partial charge on any atom is 0.255 e. The minimum absolute atomic E-state index is 0.0574. The Kier molecular flexibility index (Phi) is 3.96. The molecule has 0 radical (unpaired) electrons. The van der Waals surface area contributed by atoms with Gasteiger partial charge in [-0.05, 0) is 46.8 Å². The van der Waals surface area contributed by atoms with Gasteiger partial charge in [0.25, 0.3) is 5.91 Å². The van der Waals surface area contributed by atoms with Crippen molar-refractivity contribution in [1.82, 2.24) is 5.32 Å². The Balaban J connectivity index is 2.10. The number of aliphatic hydroxyl groups is 1. The monoisotopic (exact) mass is 291 g/mol. The van der Waals surface area contributed by atoms with Gasteiger partial charge in [-0.1, -0.05) is 0 Å². The molecular formula is C16H21NO4. The quantitative estimate of drug-likeness (QED) is 0.908. The number of carbonyl (C=O) groups excluding carboxylic acids is 1. The van der Waals surface area contributed by atoms with Crippen LogP contribution in [0.2, 0.25) is 0 Å². The molecule has 2 aromatic heterocycles. The first-order valence-electron chi connectivity index (χ1n) is 6.86. The summed E-state index contributed by atoms with van der Waals surface area (Å²) in [6.07, 6.45) is 0. The third-order valence-electron chi connectivity index (χ3n) is 3.65. The smallest absolute Gasteiger partial charge is 0.255 e. The SMILES string of the molecule is Cc1ccc(C(C)(O)CNC(=O)c2c(C)oc(C)c2C)o1. The predicted octanol–water partition coefficient (Wildman–Crippen LogP) is 2.74. The van der Waals surface area contributed by atoms with Crippen LogP contribution in [-0.2, 0) is 5.60 Å². The summed E-state index contributed by atoms with van der Waals surface area (Å²) in [5.74, 6) is 2.19. The zero-order chi connectivity index (χ0) is 15.8. The van der Waals surface area contributed by atoms with Crippen LogP contribution >= 0.6 is 0 Å². The average molecular weight is 291 g/mol. The second-order valence-corrected chi connectivity index (χ2v) is 5.58. The van der Waals surface area contributed by atoms with E-state index in [2.05, 4.69) is 5.32 Å². The van der Waals surface area contributed by atoms with Crippen molar-refractivity contribution in [2.24, 2.45) is 0 Å². The van der Waals surface area contributed by atoms with Crippen molar-refractivity contribution in [2.75, 3.05) is 6.54 Å². The van der Waals surface area contributed by atoms with E-state index in [1.807, 2.05) is 13.8 Å². The highest BCUT2D eigenvalue weighted by molar-refractivity contribution is 5.96. The van der Waals surface area contributed by atoms with E-state index in [0.717, 1.165) is 11.3 Å². The van der Waals surface area contributed by atoms with Crippen LogP contribution in [0, 0.1) is 27.7 Å². The number of furan rings is 2. The first-order chi connectivity index (χ1) is 9.72. The molecule has 21 heavy (non-hydrogen) atoms. The number of rotatable bonds is 4. The van der Waals surface area contributed by atoms with Gasteiger partial charge in [-0.25, -0.2) is 0 Å². The van der Waals surface area contributed by atoms with Crippen LogP contribution in [0.4, 0.5) is 0 Å². The van der Waals surface area contributed by atoms with Gasteiger partial charge in [0.1, 0.15) is 28.6 Å². The molecule has 1 unspecified atom stereocenters. The number of amides is 1. The van der Waals surface area contributed by atoms with E-state index in [-0.39, 0.29) is 12.5 Å². The van der Waals surface area contributed by atoms with Crippen LogP contribution in [0.1, 0.15) is 45.9 Å². The molecule has 5 nitrogen and oxygen atoms in total. The van der Waals surface area contributed by atoms with Crippen LogP contribution in [0.5, 0.6) is 0 Å². The van der Waals surface area contributed by atoms with Crippen molar-refractivity contribution in [3.8, 4) is 0 Å². The summed E-state index contributed by atoms with van der Waals surface area (Å²) >= 11 is 0. The van der Waals surface area contributed by atoms with Gasteiger partial charge in [0.05, 0.1) is 12.1 Å². The minimum atomic E-state index is -1.26. The highest BCUT2D eigenvalue weighted by Crippen LogP contribution is 2.23. The van der Waals surface area contributed by atoms with Gasteiger partial charge in [0, 0.05) is 5.56 Å². The molecule has 0 aliphatic heterocycles. The molecule has 0 fully saturated rings. The molecule has 0 aromatic carbocycles. The highest BCUT2D eigenvalue weighted by atomic mass is 16.4. The summed E-state index contributed by atoms with van der Waals surface area (Å²) in [5, 5.41) is 13.1. The third-order valence-corrected chi connectivity index (χ3v) is 3.65. The Morgan fingerprint density at radius 1 is 1.19 bits per heavy atom. The van der Waals surface area contributed by atoms with Crippen molar-refractivity contribution in [3.63, 3.8) is 0 Å². The van der Waals surface area contributed by atoms with Crippen LogP contribution in [0.25, 0.3) is 0 Å². The molecule has 0 spiro atoms. The third kappa shape index (κ3) is 3.03. The largest absolute Gasteiger partial charge is 0.466 e. The lowest BCUT2D eigenvalue weighted by Gasteiger charge is -2.21. The topological polar surface area (TPSA) is 75.6 Å². The van der Waals surface area contributed by atoms with Gasteiger partial charge >= 0.3 is 0 Å². The maximum atomic E-state index is 12.3. The number of hydrogen-bond donors (Lipinski definition) is 2. The lowest BCUT2D eigenvalue weighted by molar-refractivity contribution is 0.0323. The summed E-state index contributed by atoms with van der Waals surface area (Å²) in [4.78, 5) is 12.3. The van der Waals surface area contributed by atoms with Crippen LogP contribution in [0.3, 0.4) is 0 Å². The normalized spacial score (nSPS) is 14.0. The molecule has 0 saturated carbocycles. The zero-order valence-corrected chi connectivity index (χ0v) is 13.0. The Morgan fingerprint density at radius 3 is 2.33 bits per heavy atom. The molecule has 0 aliphatic rings. The van der Waals surface area contributed by atoms with Crippen LogP contribution in [-0.4, -0.2) is 17.6 Å². The van der Waals surface area contributed by atoms with E-state index in [0.29, 0.717) is 22.8 Å². The van der Waals surface area contributed by atoms with Crippen molar-refractivity contribution in [2.45, 2.75) is 40.2 Å². The molecule has 2 rings (SSSR count). The molecular weight excluding hydrogens is 270 g/mol. The fraction of sp³-hybridized carbons (Fsp3) is 0.438. The van der Waals surface area contributed by atoms with Crippen LogP contribution in [0.15, 0.2) is 21.0 Å². The summed E-state index contributed by atoms with van der Waals surface area (Å²) in [5.41, 5.74) is 0.0854. The second kappa shape index (κ2) is 5.41. The van der Waals surface area contributed by atoms with Crippen molar-refractivity contribution in [1.29, 1.82) is 0 Å². The molecule has 0 bridgehead atoms. The highest BCUT2D eigenvalue weighted by Gasteiger charge is 2.28. The zero-order valence-electron chi connectivity index (χ0n) is 13.0. The standard InChI is InChI=1S/C16H21NO4/c1-9-6-7-13(20-9)16(5,19)8-17-15(18)14-10(2)11(3)21-12(14)4/h6-7,19H,8H2,1-5H3,(H,17,18). The van der Waals surface area contributed by atoms with E-state index >= 15 is 0 Å². The van der Waals surface area contributed by atoms with Gasteiger partial charge in [0.15, 0.2) is 0 Å². The molecule has 1 amide bonds. The first-order valence-corrected chi connectivity index (χ1v) is 6.86. The van der Waals surface area contributed by atoms with Gasteiger partial charge in [-0.2, -0.15) is 0 Å². The summed E-state index contributed by atoms with van der Waals surface area (Å²) in [7, 11) is 0. The summed E-state index contributed by atoms with van der Waals surface area (Å²) in [6, 6.07) is 3.49. The van der Waals surface area contributed by atoms with E-state index in [1.54, 1.807) is 32.9 Å². The van der Waals surface area contributed by atoms with Crippen molar-refractivity contribution < 1.29 is 18.7 Å². The van der Waals surface area contributed by atoms with Gasteiger partial charge < -0.3 is 19.3 Å². The number of carbonyl (C=O) groups is 1. The maximum absolute atomic E-state index is 12.3. The first kappa shape index (κ1) is 15.4. The predicted molar refractivity (Wildman–Crippen MR) is 78.3 cm³/mol. The average Bonchev–Trinajstić information content (AvgIpc) is 2.93. The molecule has 1 atom stereocenters. The van der Waals surface area contributed by atoms with Crippen molar-refractivity contribution in [3.05, 3.63) is 46.3 Å². The number of hydrogen-bond acceptors (Lipinski definition) is 4. The second-order valence-electron chi connectivity index (χ2n) is 5.58. The molecule has 2 heterocycles. The Labute approximate surface area is 124 Å². The van der Waals surface area contributed by atoms with Crippen LogP contribution < -0.4 is 5.32 Å². The molecule has 114 valence electrons. The Hall–Kier alpha value is -2.01. The van der Waals surface area contributed by atoms with E-state index in [1.165, 1.54) is 0 Å². The van der Waals surface area contributed by atoms with Gasteiger partial charge in [0.2, 0.25) is 0 Å². The fourth-order valence-electron chi connectivity index (χ4n) is 2.28. The molecule has 2 N–H and O–H groups in total. The van der Waals surface area contributed by atoms with E-state index < -0.39 is 5.60 Å². The lowest BCUT2D eigenvalue weighted by Crippen LogP contribution is -2.38. The van der Waals surface area contributed by atoms with E-state index in [9.17, 15) is 9.90 Å². The summed E-state index contributed by atoms with van der Waals surface area (Å²) < 4.78 is 10.9. The molecule has 2 aromatic rings.